The number of benzene rings is 1. The predicted octanol–water partition coefficient (Wildman–Crippen LogP) is 4.05. The first-order valence-electron chi connectivity index (χ1n) is 5.95. The van der Waals surface area contributed by atoms with Crippen LogP contribution in [0.3, 0.4) is 0 Å². The Labute approximate surface area is 106 Å². The number of aliphatic hydroxyl groups is 1. The van der Waals surface area contributed by atoms with Gasteiger partial charge in [-0.3, -0.25) is 0 Å². The first-order valence-corrected chi connectivity index (χ1v) is 5.95. The van der Waals surface area contributed by atoms with Crippen LogP contribution in [0.25, 0.3) is 0 Å². The number of rotatable bonds is 3. The summed E-state index contributed by atoms with van der Waals surface area (Å²) in [5.74, 6) is 0. The lowest BCUT2D eigenvalue weighted by Crippen LogP contribution is -2.26. The number of aliphatic hydroxyl groups excluding tert-OH is 1. The standard InChI is InChI=1S/C14H19F3O/c1-13(2,3)12(18)9-6-10-4-7-11(8-5-10)14(15,16)17/h4-5,7-8,12,18H,6,9H2,1-3H3. The Morgan fingerprint density at radius 2 is 1.56 bits per heavy atom. The van der Waals surface area contributed by atoms with Crippen LogP contribution < -0.4 is 0 Å². The average molecular weight is 260 g/mol. The number of alkyl halides is 3. The van der Waals surface area contributed by atoms with Crippen molar-refractivity contribution < 1.29 is 18.3 Å². The van der Waals surface area contributed by atoms with E-state index in [0.29, 0.717) is 12.8 Å². The molecule has 0 aliphatic carbocycles. The summed E-state index contributed by atoms with van der Waals surface area (Å²) in [6, 6.07) is 5.11. The molecule has 1 rings (SSSR count). The summed E-state index contributed by atoms with van der Waals surface area (Å²) >= 11 is 0. The summed E-state index contributed by atoms with van der Waals surface area (Å²) in [5, 5.41) is 9.85. The SMILES string of the molecule is CC(C)(C)C(O)CCc1ccc(C(F)(F)F)cc1. The summed E-state index contributed by atoms with van der Waals surface area (Å²) in [7, 11) is 0. The minimum absolute atomic E-state index is 0.202. The van der Waals surface area contributed by atoms with Gasteiger partial charge in [-0.05, 0) is 36.0 Å². The molecule has 0 saturated heterocycles. The summed E-state index contributed by atoms with van der Waals surface area (Å²) in [4.78, 5) is 0. The largest absolute Gasteiger partial charge is 0.416 e. The summed E-state index contributed by atoms with van der Waals surface area (Å²) in [6.07, 6.45) is -3.62. The molecule has 1 aromatic rings. The van der Waals surface area contributed by atoms with Crippen molar-refractivity contribution in [3.8, 4) is 0 Å². The Morgan fingerprint density at radius 1 is 1.06 bits per heavy atom. The van der Waals surface area contributed by atoms with E-state index < -0.39 is 17.8 Å². The quantitative estimate of drug-likeness (QED) is 0.869. The van der Waals surface area contributed by atoms with Crippen molar-refractivity contribution >= 4 is 0 Å². The number of hydrogen-bond acceptors (Lipinski definition) is 1. The molecule has 0 spiro atoms. The van der Waals surface area contributed by atoms with Crippen LogP contribution in [0.5, 0.6) is 0 Å². The highest BCUT2D eigenvalue weighted by Gasteiger charge is 2.30. The van der Waals surface area contributed by atoms with E-state index in [1.807, 2.05) is 20.8 Å². The molecule has 0 aromatic heterocycles. The van der Waals surface area contributed by atoms with Gasteiger partial charge in [0.2, 0.25) is 0 Å². The van der Waals surface area contributed by atoms with E-state index in [4.69, 9.17) is 0 Å². The van der Waals surface area contributed by atoms with Crippen LogP contribution in [0.4, 0.5) is 13.2 Å². The van der Waals surface area contributed by atoms with Crippen molar-refractivity contribution in [2.45, 2.75) is 45.9 Å². The molecule has 1 nitrogen and oxygen atoms in total. The molecule has 1 atom stereocenters. The predicted molar refractivity (Wildman–Crippen MR) is 65.2 cm³/mol. The fourth-order valence-electron chi connectivity index (χ4n) is 1.60. The van der Waals surface area contributed by atoms with E-state index in [9.17, 15) is 18.3 Å². The van der Waals surface area contributed by atoms with Crippen LogP contribution in [-0.4, -0.2) is 11.2 Å². The molecule has 0 heterocycles. The molecular weight excluding hydrogens is 241 g/mol. The molecule has 0 bridgehead atoms. The van der Waals surface area contributed by atoms with Crippen molar-refractivity contribution in [3.05, 3.63) is 35.4 Å². The molecule has 0 aliphatic heterocycles. The van der Waals surface area contributed by atoms with E-state index in [2.05, 4.69) is 0 Å². The van der Waals surface area contributed by atoms with Gasteiger partial charge < -0.3 is 5.11 Å². The molecule has 1 N–H and O–H groups in total. The van der Waals surface area contributed by atoms with Gasteiger partial charge in [-0.2, -0.15) is 13.2 Å². The lowest BCUT2D eigenvalue weighted by atomic mass is 9.86. The van der Waals surface area contributed by atoms with Crippen LogP contribution >= 0.6 is 0 Å². The Bertz CT molecular complexity index is 374. The highest BCUT2D eigenvalue weighted by molar-refractivity contribution is 5.24. The van der Waals surface area contributed by atoms with Gasteiger partial charge in [0.15, 0.2) is 0 Å². The third kappa shape index (κ3) is 4.33. The smallest absolute Gasteiger partial charge is 0.393 e. The molecule has 18 heavy (non-hydrogen) atoms. The Balaban J connectivity index is 2.60. The van der Waals surface area contributed by atoms with Crippen molar-refractivity contribution in [1.29, 1.82) is 0 Å². The Kier molecular flexibility index (Phi) is 4.43. The van der Waals surface area contributed by atoms with Crippen LogP contribution in [0.1, 0.15) is 38.3 Å². The van der Waals surface area contributed by atoms with E-state index in [1.54, 1.807) is 0 Å². The number of halogens is 3. The van der Waals surface area contributed by atoms with E-state index in [1.165, 1.54) is 12.1 Å². The summed E-state index contributed by atoms with van der Waals surface area (Å²) in [5.41, 5.74) is -0.0275. The maximum Gasteiger partial charge on any atom is 0.416 e. The normalized spacial score (nSPS) is 14.6. The second-order valence-electron chi connectivity index (χ2n) is 5.62. The van der Waals surface area contributed by atoms with Crippen molar-refractivity contribution in [1.82, 2.24) is 0 Å². The molecule has 0 aliphatic rings. The Morgan fingerprint density at radius 3 is 1.94 bits per heavy atom. The molecular formula is C14H19F3O. The minimum Gasteiger partial charge on any atom is -0.393 e. The monoisotopic (exact) mass is 260 g/mol. The molecule has 1 unspecified atom stereocenters. The average Bonchev–Trinajstić information content (AvgIpc) is 2.24. The Hall–Kier alpha value is -1.03. The topological polar surface area (TPSA) is 20.2 Å². The molecule has 4 heteroatoms. The molecule has 0 fully saturated rings. The fourth-order valence-corrected chi connectivity index (χ4v) is 1.60. The molecule has 1 aromatic carbocycles. The maximum absolute atomic E-state index is 12.3. The van der Waals surface area contributed by atoms with Crippen LogP contribution in [0.2, 0.25) is 0 Å². The summed E-state index contributed by atoms with van der Waals surface area (Å²) < 4.78 is 37.0. The van der Waals surface area contributed by atoms with Gasteiger partial charge in [0, 0.05) is 0 Å². The molecule has 0 amide bonds. The zero-order valence-corrected chi connectivity index (χ0v) is 10.9. The van der Waals surface area contributed by atoms with Gasteiger partial charge in [-0.15, -0.1) is 0 Å². The first-order chi connectivity index (χ1) is 8.10. The molecule has 102 valence electrons. The minimum atomic E-state index is -4.29. The van der Waals surface area contributed by atoms with Crippen molar-refractivity contribution in [2.75, 3.05) is 0 Å². The van der Waals surface area contributed by atoms with Crippen molar-refractivity contribution in [3.63, 3.8) is 0 Å². The van der Waals surface area contributed by atoms with Crippen LogP contribution in [0.15, 0.2) is 24.3 Å². The third-order valence-electron chi connectivity index (χ3n) is 2.99. The number of hydrogen-bond donors (Lipinski definition) is 1. The van der Waals surface area contributed by atoms with Gasteiger partial charge in [0.05, 0.1) is 11.7 Å². The first kappa shape index (κ1) is 15.0. The zero-order chi connectivity index (χ0) is 14.0. The van der Waals surface area contributed by atoms with E-state index >= 15 is 0 Å². The van der Waals surface area contributed by atoms with Gasteiger partial charge >= 0.3 is 6.18 Å². The van der Waals surface area contributed by atoms with Crippen LogP contribution in [-0.2, 0) is 12.6 Å². The third-order valence-corrected chi connectivity index (χ3v) is 2.99. The lowest BCUT2D eigenvalue weighted by Gasteiger charge is -2.25. The van der Waals surface area contributed by atoms with Gasteiger partial charge in [-0.1, -0.05) is 32.9 Å². The number of aryl methyl sites for hydroxylation is 1. The fraction of sp³-hybridized carbons (Fsp3) is 0.571. The lowest BCUT2D eigenvalue weighted by molar-refractivity contribution is -0.137. The molecule has 0 radical (unpaired) electrons. The van der Waals surface area contributed by atoms with Crippen molar-refractivity contribution in [2.24, 2.45) is 5.41 Å². The van der Waals surface area contributed by atoms with Crippen LogP contribution in [0, 0.1) is 5.41 Å². The second-order valence-corrected chi connectivity index (χ2v) is 5.62. The highest BCUT2D eigenvalue weighted by atomic mass is 19.4. The van der Waals surface area contributed by atoms with E-state index in [0.717, 1.165) is 17.7 Å². The zero-order valence-electron chi connectivity index (χ0n) is 10.9. The maximum atomic E-state index is 12.3. The highest BCUT2D eigenvalue weighted by Crippen LogP contribution is 2.29. The van der Waals surface area contributed by atoms with Gasteiger partial charge in [-0.25, -0.2) is 0 Å². The van der Waals surface area contributed by atoms with Gasteiger partial charge in [0.1, 0.15) is 0 Å². The molecule has 0 saturated carbocycles. The summed E-state index contributed by atoms with van der Waals surface area (Å²) in [6.45, 7) is 5.80. The van der Waals surface area contributed by atoms with Gasteiger partial charge in [0.25, 0.3) is 0 Å². The second kappa shape index (κ2) is 5.31. The van der Waals surface area contributed by atoms with E-state index in [-0.39, 0.29) is 5.41 Å².